The molecule has 0 N–H and O–H groups in total. The van der Waals surface area contributed by atoms with Gasteiger partial charge in [0.05, 0.1) is 12.2 Å². The van der Waals surface area contributed by atoms with Gasteiger partial charge in [0.15, 0.2) is 0 Å². The Morgan fingerprint density at radius 3 is 2.81 bits per heavy atom. The Balaban J connectivity index is 1.46. The molecule has 7 nitrogen and oxygen atoms in total. The zero-order chi connectivity index (χ0) is 17.9. The number of hydrogen-bond donors (Lipinski definition) is 0. The lowest BCUT2D eigenvalue weighted by molar-refractivity contribution is 0.0760. The Morgan fingerprint density at radius 1 is 1.19 bits per heavy atom. The molecule has 2 aromatic heterocycles. The number of carbonyl (C=O) groups excluding carboxylic acids is 1. The normalized spacial score (nSPS) is 16.7. The number of carbonyl (C=O) groups is 1. The maximum atomic E-state index is 12.9. The highest BCUT2D eigenvalue weighted by molar-refractivity contribution is 5.94. The molecule has 1 unspecified atom stereocenters. The maximum absolute atomic E-state index is 12.9. The van der Waals surface area contributed by atoms with Gasteiger partial charge < -0.3 is 9.64 Å². The molecule has 0 aliphatic carbocycles. The summed E-state index contributed by atoms with van der Waals surface area (Å²) in [6, 6.07) is 15.2. The molecular formula is C19H19N5O2. The van der Waals surface area contributed by atoms with Crippen LogP contribution in [0.25, 0.3) is 11.3 Å². The number of amides is 1. The van der Waals surface area contributed by atoms with Crippen LogP contribution in [0.4, 0.5) is 0 Å². The third kappa shape index (κ3) is 3.28. The fraction of sp³-hybridized carbons (Fsp3) is 0.263. The number of aryl methyl sites for hydroxylation is 1. The summed E-state index contributed by atoms with van der Waals surface area (Å²) >= 11 is 0. The molecule has 0 saturated carbocycles. The van der Waals surface area contributed by atoms with Crippen LogP contribution in [0.15, 0.2) is 54.7 Å². The van der Waals surface area contributed by atoms with E-state index in [1.807, 2.05) is 36.4 Å². The summed E-state index contributed by atoms with van der Waals surface area (Å²) in [7, 11) is 1.79. The second kappa shape index (κ2) is 6.95. The molecule has 0 spiro atoms. The molecule has 1 aromatic carbocycles. The Hall–Kier alpha value is -3.22. The Bertz CT molecular complexity index is 895. The van der Waals surface area contributed by atoms with Gasteiger partial charge in [0.2, 0.25) is 5.88 Å². The Kier molecular flexibility index (Phi) is 4.35. The molecular weight excluding hydrogens is 330 g/mol. The number of hydrogen-bond acceptors (Lipinski definition) is 5. The number of benzene rings is 1. The SMILES string of the molecule is Cn1nc(-c2ccccc2)cc1C(=O)N1CCC(Oc2cccnn2)C1. The lowest BCUT2D eigenvalue weighted by Crippen LogP contribution is -2.32. The second-order valence-corrected chi connectivity index (χ2v) is 6.25. The van der Waals surface area contributed by atoms with Crippen molar-refractivity contribution in [2.45, 2.75) is 12.5 Å². The van der Waals surface area contributed by atoms with E-state index in [-0.39, 0.29) is 12.0 Å². The minimum Gasteiger partial charge on any atom is -0.471 e. The first-order chi connectivity index (χ1) is 12.7. The third-order valence-electron chi connectivity index (χ3n) is 4.44. The molecule has 1 aliphatic rings. The second-order valence-electron chi connectivity index (χ2n) is 6.25. The van der Waals surface area contributed by atoms with E-state index in [1.54, 1.807) is 35.0 Å². The summed E-state index contributed by atoms with van der Waals surface area (Å²) < 4.78 is 7.45. The van der Waals surface area contributed by atoms with Crippen molar-refractivity contribution in [1.82, 2.24) is 24.9 Å². The van der Waals surface area contributed by atoms with Crippen LogP contribution in [0.5, 0.6) is 5.88 Å². The van der Waals surface area contributed by atoms with E-state index in [0.29, 0.717) is 24.7 Å². The molecule has 0 bridgehead atoms. The zero-order valence-corrected chi connectivity index (χ0v) is 14.4. The van der Waals surface area contributed by atoms with Crippen LogP contribution in [-0.4, -0.2) is 50.0 Å². The average molecular weight is 349 g/mol. The molecule has 1 fully saturated rings. The van der Waals surface area contributed by atoms with Crippen LogP contribution < -0.4 is 4.74 Å². The third-order valence-corrected chi connectivity index (χ3v) is 4.44. The largest absolute Gasteiger partial charge is 0.471 e. The van der Waals surface area contributed by atoms with Gasteiger partial charge in [0.25, 0.3) is 5.91 Å². The fourth-order valence-electron chi connectivity index (χ4n) is 3.11. The van der Waals surface area contributed by atoms with Crippen LogP contribution in [0.3, 0.4) is 0 Å². The number of nitrogens with zero attached hydrogens (tertiary/aromatic N) is 5. The molecule has 0 radical (unpaired) electrons. The van der Waals surface area contributed by atoms with Gasteiger partial charge >= 0.3 is 0 Å². The van der Waals surface area contributed by atoms with Crippen molar-refractivity contribution in [2.24, 2.45) is 7.05 Å². The van der Waals surface area contributed by atoms with E-state index in [9.17, 15) is 4.79 Å². The maximum Gasteiger partial charge on any atom is 0.272 e. The first-order valence-electron chi connectivity index (χ1n) is 8.54. The van der Waals surface area contributed by atoms with Gasteiger partial charge in [0.1, 0.15) is 11.8 Å². The summed E-state index contributed by atoms with van der Waals surface area (Å²) in [4.78, 5) is 14.7. The predicted molar refractivity (Wildman–Crippen MR) is 95.6 cm³/mol. The predicted octanol–water partition coefficient (Wildman–Crippen LogP) is 2.17. The molecule has 1 saturated heterocycles. The lowest BCUT2D eigenvalue weighted by atomic mass is 10.1. The summed E-state index contributed by atoms with van der Waals surface area (Å²) in [6.45, 7) is 1.18. The van der Waals surface area contributed by atoms with Crippen molar-refractivity contribution in [1.29, 1.82) is 0 Å². The fourth-order valence-corrected chi connectivity index (χ4v) is 3.11. The summed E-state index contributed by atoms with van der Waals surface area (Å²) in [6.07, 6.45) is 2.30. The monoisotopic (exact) mass is 349 g/mol. The number of ether oxygens (including phenoxy) is 1. The zero-order valence-electron chi connectivity index (χ0n) is 14.4. The Labute approximate surface area is 151 Å². The standard InChI is InChI=1S/C19H19N5O2/c1-23-17(12-16(22-23)14-6-3-2-4-7-14)19(25)24-11-9-15(13-24)26-18-8-5-10-20-21-18/h2-8,10,12,15H,9,11,13H2,1H3. The van der Waals surface area contributed by atoms with Gasteiger partial charge in [0, 0.05) is 37.8 Å². The van der Waals surface area contributed by atoms with Gasteiger partial charge in [-0.05, 0) is 12.1 Å². The van der Waals surface area contributed by atoms with E-state index in [0.717, 1.165) is 17.7 Å². The van der Waals surface area contributed by atoms with E-state index in [4.69, 9.17) is 4.74 Å². The number of likely N-dealkylation sites (tertiary alicyclic amines) is 1. The van der Waals surface area contributed by atoms with Crippen LogP contribution in [0.1, 0.15) is 16.9 Å². The number of aromatic nitrogens is 4. The molecule has 1 aliphatic heterocycles. The van der Waals surface area contributed by atoms with Crippen LogP contribution in [0.2, 0.25) is 0 Å². The summed E-state index contributed by atoms with van der Waals surface area (Å²) in [5.41, 5.74) is 2.36. The first kappa shape index (κ1) is 16.3. The molecule has 7 heteroatoms. The summed E-state index contributed by atoms with van der Waals surface area (Å²) in [5, 5.41) is 12.2. The van der Waals surface area contributed by atoms with Crippen molar-refractivity contribution in [3.63, 3.8) is 0 Å². The minimum atomic E-state index is -0.0718. The van der Waals surface area contributed by atoms with Gasteiger partial charge in [-0.3, -0.25) is 9.48 Å². The molecule has 1 atom stereocenters. The highest BCUT2D eigenvalue weighted by Gasteiger charge is 2.30. The van der Waals surface area contributed by atoms with Crippen molar-refractivity contribution >= 4 is 5.91 Å². The molecule has 132 valence electrons. The van der Waals surface area contributed by atoms with Gasteiger partial charge in [-0.15, -0.1) is 5.10 Å². The minimum absolute atomic E-state index is 0.0348. The molecule has 3 heterocycles. The topological polar surface area (TPSA) is 73.1 Å². The highest BCUT2D eigenvalue weighted by atomic mass is 16.5. The summed E-state index contributed by atoms with van der Waals surface area (Å²) in [5.74, 6) is 0.450. The van der Waals surface area contributed by atoms with E-state index in [1.165, 1.54) is 0 Å². The van der Waals surface area contributed by atoms with E-state index >= 15 is 0 Å². The van der Waals surface area contributed by atoms with Crippen LogP contribution >= 0.6 is 0 Å². The Morgan fingerprint density at radius 2 is 2.04 bits per heavy atom. The van der Waals surface area contributed by atoms with Crippen LogP contribution in [0, 0.1) is 0 Å². The van der Waals surface area contributed by atoms with Crippen molar-refractivity contribution in [2.75, 3.05) is 13.1 Å². The lowest BCUT2D eigenvalue weighted by Gasteiger charge is -2.16. The van der Waals surface area contributed by atoms with Crippen molar-refractivity contribution < 1.29 is 9.53 Å². The highest BCUT2D eigenvalue weighted by Crippen LogP contribution is 2.22. The molecule has 4 rings (SSSR count). The quantitative estimate of drug-likeness (QED) is 0.722. The van der Waals surface area contributed by atoms with Gasteiger partial charge in [-0.25, -0.2) is 0 Å². The van der Waals surface area contributed by atoms with Crippen molar-refractivity contribution in [3.8, 4) is 17.1 Å². The van der Waals surface area contributed by atoms with Crippen molar-refractivity contribution in [3.05, 3.63) is 60.4 Å². The molecule has 3 aromatic rings. The first-order valence-corrected chi connectivity index (χ1v) is 8.54. The smallest absolute Gasteiger partial charge is 0.272 e. The van der Waals surface area contributed by atoms with E-state index in [2.05, 4.69) is 15.3 Å². The van der Waals surface area contributed by atoms with E-state index < -0.39 is 0 Å². The number of rotatable bonds is 4. The van der Waals surface area contributed by atoms with Gasteiger partial charge in [-0.2, -0.15) is 10.2 Å². The average Bonchev–Trinajstić information content (AvgIpc) is 3.30. The molecule has 1 amide bonds. The van der Waals surface area contributed by atoms with Gasteiger partial charge in [-0.1, -0.05) is 30.3 Å². The van der Waals surface area contributed by atoms with Crippen LogP contribution in [-0.2, 0) is 7.05 Å². The molecule has 26 heavy (non-hydrogen) atoms.